The van der Waals surface area contributed by atoms with E-state index in [0.29, 0.717) is 18.9 Å². The highest BCUT2D eigenvalue weighted by molar-refractivity contribution is 5.76. The Kier molecular flexibility index (Phi) is 5.90. The Morgan fingerprint density at radius 1 is 1.17 bits per heavy atom. The summed E-state index contributed by atoms with van der Waals surface area (Å²) in [6.07, 6.45) is 4.89. The van der Waals surface area contributed by atoms with Gasteiger partial charge < -0.3 is 10.4 Å². The summed E-state index contributed by atoms with van der Waals surface area (Å²) in [7, 11) is 0. The molecule has 132 valence electrons. The van der Waals surface area contributed by atoms with Gasteiger partial charge in [-0.05, 0) is 48.6 Å². The second-order valence-corrected chi connectivity index (χ2v) is 7.62. The van der Waals surface area contributed by atoms with E-state index < -0.39 is 0 Å². The summed E-state index contributed by atoms with van der Waals surface area (Å²) in [6.45, 7) is 5.69. The van der Waals surface area contributed by atoms with Gasteiger partial charge >= 0.3 is 0 Å². The van der Waals surface area contributed by atoms with E-state index in [0.717, 1.165) is 44.0 Å². The van der Waals surface area contributed by atoms with Crippen LogP contribution < -0.4 is 5.32 Å². The fourth-order valence-electron chi connectivity index (χ4n) is 3.50. The predicted octanol–water partition coefficient (Wildman–Crippen LogP) is 2.70. The fraction of sp³-hybridized carbons (Fsp3) is 0.650. The number of rotatable bonds is 7. The Balaban J connectivity index is 1.40. The van der Waals surface area contributed by atoms with Crippen molar-refractivity contribution < 1.29 is 9.90 Å². The van der Waals surface area contributed by atoms with Crippen LogP contribution in [0.4, 0.5) is 0 Å². The van der Waals surface area contributed by atoms with Gasteiger partial charge in [-0.2, -0.15) is 0 Å². The highest BCUT2D eigenvalue weighted by Gasteiger charge is 2.29. The van der Waals surface area contributed by atoms with Gasteiger partial charge in [0.15, 0.2) is 0 Å². The van der Waals surface area contributed by atoms with Crippen molar-refractivity contribution in [3.05, 3.63) is 35.4 Å². The van der Waals surface area contributed by atoms with Crippen LogP contribution in [0.2, 0.25) is 0 Å². The van der Waals surface area contributed by atoms with E-state index >= 15 is 0 Å². The average Bonchev–Trinajstić information content (AvgIpc) is 3.41. The fourth-order valence-corrected chi connectivity index (χ4v) is 3.50. The van der Waals surface area contributed by atoms with Crippen molar-refractivity contribution >= 4 is 5.91 Å². The standard InChI is InChI=1S/C20H30N2O2/c1-15(18-6-7-18)12-20(24)21-13-16-2-4-17(5-3-16)14-22-10-8-19(23)9-11-22/h2-5,15,18-19,23H,6-14H2,1H3,(H,21,24)/t15-/m0/s1. The summed E-state index contributed by atoms with van der Waals surface area (Å²) in [6, 6.07) is 8.52. The third-order valence-corrected chi connectivity index (χ3v) is 5.41. The Bertz CT molecular complexity index is 531. The van der Waals surface area contributed by atoms with Gasteiger partial charge in [-0.3, -0.25) is 9.69 Å². The van der Waals surface area contributed by atoms with E-state index in [1.807, 2.05) is 0 Å². The van der Waals surface area contributed by atoms with Crippen LogP contribution in [0.25, 0.3) is 0 Å². The molecule has 2 N–H and O–H groups in total. The molecule has 1 aromatic carbocycles. The van der Waals surface area contributed by atoms with Crippen LogP contribution in [-0.4, -0.2) is 35.1 Å². The first kappa shape index (κ1) is 17.4. The highest BCUT2D eigenvalue weighted by Crippen LogP contribution is 2.38. The Morgan fingerprint density at radius 2 is 1.79 bits per heavy atom. The second-order valence-electron chi connectivity index (χ2n) is 7.62. The summed E-state index contributed by atoms with van der Waals surface area (Å²) in [5.41, 5.74) is 2.45. The second kappa shape index (κ2) is 8.13. The zero-order valence-corrected chi connectivity index (χ0v) is 14.7. The maximum Gasteiger partial charge on any atom is 0.220 e. The van der Waals surface area contributed by atoms with E-state index in [4.69, 9.17) is 0 Å². The van der Waals surface area contributed by atoms with Crippen molar-refractivity contribution in [2.24, 2.45) is 11.8 Å². The zero-order chi connectivity index (χ0) is 16.9. The lowest BCUT2D eigenvalue weighted by Gasteiger charge is -2.29. The zero-order valence-electron chi connectivity index (χ0n) is 14.7. The number of benzene rings is 1. The Labute approximate surface area is 145 Å². The molecule has 1 atom stereocenters. The monoisotopic (exact) mass is 330 g/mol. The number of carbonyl (C=O) groups is 1. The summed E-state index contributed by atoms with van der Waals surface area (Å²) >= 11 is 0. The van der Waals surface area contributed by atoms with Gasteiger partial charge in [0.25, 0.3) is 0 Å². The number of piperidine rings is 1. The number of carbonyl (C=O) groups excluding carboxylic acids is 1. The topological polar surface area (TPSA) is 52.6 Å². The van der Waals surface area contributed by atoms with Gasteiger partial charge in [-0.15, -0.1) is 0 Å². The summed E-state index contributed by atoms with van der Waals surface area (Å²) < 4.78 is 0. The molecule has 0 bridgehead atoms. The molecule has 1 aliphatic heterocycles. The van der Waals surface area contributed by atoms with Crippen LogP contribution >= 0.6 is 0 Å². The first-order valence-corrected chi connectivity index (χ1v) is 9.35. The minimum atomic E-state index is -0.116. The number of amides is 1. The quantitative estimate of drug-likeness (QED) is 0.808. The lowest BCUT2D eigenvalue weighted by Crippen LogP contribution is -2.35. The molecule has 2 fully saturated rings. The lowest BCUT2D eigenvalue weighted by molar-refractivity contribution is -0.122. The first-order valence-electron chi connectivity index (χ1n) is 9.35. The molecule has 0 unspecified atom stereocenters. The number of likely N-dealkylation sites (tertiary alicyclic amines) is 1. The minimum absolute atomic E-state index is 0.116. The molecule has 0 radical (unpaired) electrons. The molecule has 1 amide bonds. The molecule has 3 rings (SSSR count). The molecule has 0 aromatic heterocycles. The smallest absolute Gasteiger partial charge is 0.220 e. The predicted molar refractivity (Wildman–Crippen MR) is 95.3 cm³/mol. The van der Waals surface area contributed by atoms with Crippen LogP contribution in [0, 0.1) is 11.8 Å². The van der Waals surface area contributed by atoms with Gasteiger partial charge in [0.1, 0.15) is 0 Å². The summed E-state index contributed by atoms with van der Waals surface area (Å²) in [4.78, 5) is 14.4. The molecular formula is C20H30N2O2. The van der Waals surface area contributed by atoms with E-state index in [1.54, 1.807) is 0 Å². The largest absolute Gasteiger partial charge is 0.393 e. The van der Waals surface area contributed by atoms with Crippen molar-refractivity contribution in [1.82, 2.24) is 10.2 Å². The molecule has 4 heteroatoms. The number of nitrogens with zero attached hydrogens (tertiary/aromatic N) is 1. The van der Waals surface area contributed by atoms with Crippen molar-refractivity contribution in [3.63, 3.8) is 0 Å². The van der Waals surface area contributed by atoms with E-state index in [-0.39, 0.29) is 12.0 Å². The SMILES string of the molecule is C[C@@H](CC(=O)NCc1ccc(CN2CCC(O)CC2)cc1)C1CC1. The molecule has 1 saturated heterocycles. The third kappa shape index (κ3) is 5.32. The van der Waals surface area contributed by atoms with Gasteiger partial charge in [-0.1, -0.05) is 31.2 Å². The normalized spacial score (nSPS) is 20.8. The van der Waals surface area contributed by atoms with Gasteiger partial charge in [0.05, 0.1) is 6.10 Å². The van der Waals surface area contributed by atoms with Gasteiger partial charge in [-0.25, -0.2) is 0 Å². The Hall–Kier alpha value is -1.39. The van der Waals surface area contributed by atoms with Crippen LogP contribution in [0.15, 0.2) is 24.3 Å². The third-order valence-electron chi connectivity index (χ3n) is 5.41. The highest BCUT2D eigenvalue weighted by atomic mass is 16.3. The lowest BCUT2D eigenvalue weighted by atomic mass is 10.0. The molecule has 4 nitrogen and oxygen atoms in total. The molecule has 1 aliphatic carbocycles. The van der Waals surface area contributed by atoms with E-state index in [1.165, 1.54) is 18.4 Å². The maximum absolute atomic E-state index is 12.0. The number of hydrogen-bond donors (Lipinski definition) is 2. The number of hydrogen-bond acceptors (Lipinski definition) is 3. The van der Waals surface area contributed by atoms with Crippen LogP contribution in [0.3, 0.4) is 0 Å². The Morgan fingerprint density at radius 3 is 2.42 bits per heavy atom. The molecule has 0 spiro atoms. The van der Waals surface area contributed by atoms with Gasteiger partial charge in [0, 0.05) is 32.6 Å². The van der Waals surface area contributed by atoms with E-state index in [2.05, 4.69) is 41.4 Å². The molecular weight excluding hydrogens is 300 g/mol. The van der Waals surface area contributed by atoms with Crippen molar-refractivity contribution in [2.45, 2.75) is 58.2 Å². The number of aliphatic hydroxyl groups excluding tert-OH is 1. The summed E-state index contributed by atoms with van der Waals surface area (Å²) in [5.74, 6) is 1.48. The van der Waals surface area contributed by atoms with Crippen molar-refractivity contribution in [3.8, 4) is 0 Å². The molecule has 1 saturated carbocycles. The summed E-state index contributed by atoms with van der Waals surface area (Å²) in [5, 5.41) is 12.6. The van der Waals surface area contributed by atoms with Crippen molar-refractivity contribution in [1.29, 1.82) is 0 Å². The van der Waals surface area contributed by atoms with Crippen LogP contribution in [0.1, 0.15) is 50.2 Å². The van der Waals surface area contributed by atoms with Crippen molar-refractivity contribution in [2.75, 3.05) is 13.1 Å². The van der Waals surface area contributed by atoms with Crippen LogP contribution in [-0.2, 0) is 17.9 Å². The molecule has 1 heterocycles. The first-order chi connectivity index (χ1) is 11.6. The van der Waals surface area contributed by atoms with E-state index in [9.17, 15) is 9.90 Å². The number of aliphatic hydroxyl groups is 1. The minimum Gasteiger partial charge on any atom is -0.393 e. The average molecular weight is 330 g/mol. The van der Waals surface area contributed by atoms with Gasteiger partial charge in [0.2, 0.25) is 5.91 Å². The maximum atomic E-state index is 12.0. The van der Waals surface area contributed by atoms with Crippen LogP contribution in [0.5, 0.6) is 0 Å². The number of nitrogens with one attached hydrogen (secondary N) is 1. The molecule has 2 aliphatic rings. The molecule has 24 heavy (non-hydrogen) atoms. The molecule has 1 aromatic rings.